The van der Waals surface area contributed by atoms with E-state index in [0.29, 0.717) is 13.1 Å². The summed E-state index contributed by atoms with van der Waals surface area (Å²) in [7, 11) is 1.75. The second-order valence-corrected chi connectivity index (χ2v) is 4.38. The summed E-state index contributed by atoms with van der Waals surface area (Å²) in [6, 6.07) is 6.76. The molecule has 0 N–H and O–H groups in total. The van der Waals surface area contributed by atoms with Crippen LogP contribution in [0.25, 0.3) is 0 Å². The van der Waals surface area contributed by atoms with Gasteiger partial charge in [-0.05, 0) is 12.1 Å². The van der Waals surface area contributed by atoms with Crippen LogP contribution in [0.15, 0.2) is 24.3 Å². The Labute approximate surface area is 99.0 Å². The molecule has 0 amide bonds. The van der Waals surface area contributed by atoms with Gasteiger partial charge in [0.2, 0.25) is 6.81 Å². The number of hydrogen-bond acceptors (Lipinski definition) is 1. The minimum absolute atomic E-state index is 0.178. The molecule has 0 spiro atoms. The van der Waals surface area contributed by atoms with Gasteiger partial charge in [-0.25, -0.2) is 4.39 Å². The van der Waals surface area contributed by atoms with E-state index in [4.69, 9.17) is 4.65 Å². The van der Waals surface area contributed by atoms with Crippen molar-refractivity contribution >= 4 is 25.4 Å². The number of halogens is 1. The third-order valence-electron chi connectivity index (χ3n) is 3.48. The van der Waals surface area contributed by atoms with Gasteiger partial charge in [-0.3, -0.25) is 0 Å². The molecule has 84 valence electrons. The Morgan fingerprint density at radius 2 is 1.75 bits per heavy atom. The average Bonchev–Trinajstić information content (AvgIpc) is 2.30. The molecule has 5 heteroatoms. The third kappa shape index (κ3) is 3.15. The van der Waals surface area contributed by atoms with E-state index in [1.54, 1.807) is 7.11 Å². The van der Waals surface area contributed by atoms with E-state index in [1.165, 1.54) is 17.6 Å². The first kappa shape index (κ1) is 13.4. The molecule has 0 saturated carbocycles. The Bertz CT molecular complexity index is 314. The van der Waals surface area contributed by atoms with Crippen LogP contribution in [0.3, 0.4) is 0 Å². The molecular weight excluding hydrogens is 200 g/mol. The fourth-order valence-corrected chi connectivity index (χ4v) is 2.14. The molecule has 16 heavy (non-hydrogen) atoms. The summed E-state index contributed by atoms with van der Waals surface area (Å²) in [6.45, 7) is 7.55. The van der Waals surface area contributed by atoms with Crippen molar-refractivity contribution in [2.75, 3.05) is 7.11 Å². The van der Waals surface area contributed by atoms with Crippen LogP contribution in [0.1, 0.15) is 6.92 Å². The van der Waals surface area contributed by atoms with Gasteiger partial charge in [0.1, 0.15) is 18.9 Å². The Morgan fingerprint density at radius 3 is 2.19 bits per heavy atom. The van der Waals surface area contributed by atoms with Crippen molar-refractivity contribution < 1.29 is 9.04 Å². The summed E-state index contributed by atoms with van der Waals surface area (Å²) in [6.07, 6.45) is 1.00. The molecule has 1 nitrogen and oxygen atoms in total. The predicted octanol–water partition coefficient (Wildman–Crippen LogP) is 2.10. The van der Waals surface area contributed by atoms with E-state index >= 15 is 0 Å². The van der Waals surface area contributed by atoms with Gasteiger partial charge in [-0.15, -0.1) is 0 Å². The van der Waals surface area contributed by atoms with Crippen LogP contribution >= 0.6 is 0 Å². The lowest BCUT2D eigenvalue weighted by Gasteiger charge is -2.20. The van der Waals surface area contributed by atoms with Crippen LogP contribution < -0.4 is 5.46 Å². The summed E-state index contributed by atoms with van der Waals surface area (Å²) in [5.41, 5.74) is 1.17. The summed E-state index contributed by atoms with van der Waals surface area (Å²) in [4.78, 5) is 0. The van der Waals surface area contributed by atoms with E-state index in [1.807, 2.05) is 12.1 Å². The van der Waals surface area contributed by atoms with E-state index in [0.717, 1.165) is 6.32 Å². The first-order valence-corrected chi connectivity index (χ1v) is 5.88. The van der Waals surface area contributed by atoms with Gasteiger partial charge in [-0.2, -0.15) is 0 Å². The first-order chi connectivity index (χ1) is 7.60. The molecule has 0 radical (unpaired) electrons. The van der Waals surface area contributed by atoms with Gasteiger partial charge in [-0.1, -0.05) is 44.5 Å². The van der Waals surface area contributed by atoms with Gasteiger partial charge >= 0.3 is 0 Å². The van der Waals surface area contributed by atoms with Crippen LogP contribution in [0.4, 0.5) is 4.39 Å². The maximum absolute atomic E-state index is 12.8. The Morgan fingerprint density at radius 1 is 1.19 bits per heavy atom. The molecule has 0 unspecified atom stereocenters. The van der Waals surface area contributed by atoms with E-state index in [9.17, 15) is 4.39 Å². The molecule has 0 atom stereocenters. The maximum Gasteiger partial charge on any atom is 0.247 e. The lowest BCUT2D eigenvalue weighted by molar-refractivity contribution is 0.434. The molecule has 0 aliphatic heterocycles. The van der Waals surface area contributed by atoms with Gasteiger partial charge in [0.25, 0.3) is 0 Å². The Hall–Kier alpha value is -0.695. The van der Waals surface area contributed by atoms with E-state index < -0.39 is 0 Å². The van der Waals surface area contributed by atoms with Crippen molar-refractivity contribution in [2.24, 2.45) is 0 Å². The minimum Gasteiger partial charge on any atom is -0.447 e. The number of hydrogen-bond donors (Lipinski definition) is 0. The van der Waals surface area contributed by atoms with Crippen molar-refractivity contribution in [3.05, 3.63) is 30.1 Å². The predicted molar refractivity (Wildman–Crippen MR) is 72.5 cm³/mol. The largest absolute Gasteiger partial charge is 0.447 e. The minimum atomic E-state index is -0.178. The standard InChI is InChI=1S/C11H18B3FO/c1-5-14(16-4)13(3)12(2)10-6-8-11(15)9-7-10/h6-9H,5H2,1-4H3. The van der Waals surface area contributed by atoms with Crippen molar-refractivity contribution in [3.63, 3.8) is 0 Å². The Kier molecular flexibility index (Phi) is 5.13. The normalized spacial score (nSPS) is 10.1. The van der Waals surface area contributed by atoms with Gasteiger partial charge < -0.3 is 4.65 Å². The van der Waals surface area contributed by atoms with Crippen LogP contribution in [-0.4, -0.2) is 27.0 Å². The quantitative estimate of drug-likeness (QED) is 0.687. The highest BCUT2D eigenvalue weighted by Gasteiger charge is 2.31. The molecule has 1 rings (SSSR count). The van der Waals surface area contributed by atoms with Crippen LogP contribution in [-0.2, 0) is 4.65 Å². The second-order valence-electron chi connectivity index (χ2n) is 4.38. The van der Waals surface area contributed by atoms with E-state index in [-0.39, 0.29) is 12.6 Å². The smallest absolute Gasteiger partial charge is 0.247 e. The molecule has 0 bridgehead atoms. The van der Waals surface area contributed by atoms with Gasteiger partial charge in [0, 0.05) is 7.11 Å². The van der Waals surface area contributed by atoms with Crippen LogP contribution in [0, 0.1) is 5.82 Å². The van der Waals surface area contributed by atoms with Gasteiger partial charge in [0.05, 0.1) is 0 Å². The molecule has 0 aliphatic rings. The maximum atomic E-state index is 12.8. The van der Waals surface area contributed by atoms with Gasteiger partial charge in [0.15, 0.2) is 0 Å². The fraction of sp³-hybridized carbons (Fsp3) is 0.455. The highest BCUT2D eigenvalue weighted by molar-refractivity contribution is 7.51. The third-order valence-corrected chi connectivity index (χ3v) is 3.48. The fourth-order valence-electron chi connectivity index (χ4n) is 2.14. The molecule has 0 aromatic heterocycles. The zero-order chi connectivity index (χ0) is 12.1. The van der Waals surface area contributed by atoms with Crippen molar-refractivity contribution in [3.8, 4) is 0 Å². The molecule has 0 saturated heterocycles. The molecule has 0 heterocycles. The lowest BCUT2D eigenvalue weighted by Crippen LogP contribution is -2.51. The average molecular weight is 218 g/mol. The van der Waals surface area contributed by atoms with E-state index in [2.05, 4.69) is 20.6 Å². The topological polar surface area (TPSA) is 9.23 Å². The molecule has 1 aromatic rings. The zero-order valence-corrected chi connectivity index (χ0v) is 10.5. The first-order valence-electron chi connectivity index (χ1n) is 5.88. The number of rotatable bonds is 5. The molecule has 0 fully saturated rings. The highest BCUT2D eigenvalue weighted by Crippen LogP contribution is 2.04. The summed E-state index contributed by atoms with van der Waals surface area (Å²) in [5, 5.41) is 0. The number of benzene rings is 1. The zero-order valence-electron chi connectivity index (χ0n) is 10.5. The van der Waals surface area contributed by atoms with Crippen LogP contribution in [0.2, 0.25) is 20.0 Å². The van der Waals surface area contributed by atoms with Crippen LogP contribution in [0.5, 0.6) is 0 Å². The molecule has 0 aliphatic carbocycles. The van der Waals surface area contributed by atoms with Crippen molar-refractivity contribution in [2.45, 2.75) is 26.9 Å². The second kappa shape index (κ2) is 6.14. The van der Waals surface area contributed by atoms with Crippen molar-refractivity contribution in [1.82, 2.24) is 0 Å². The summed E-state index contributed by atoms with van der Waals surface area (Å²) in [5.74, 6) is -0.178. The summed E-state index contributed by atoms with van der Waals surface area (Å²) >= 11 is 0. The lowest BCUT2D eigenvalue weighted by atomic mass is 8.92. The van der Waals surface area contributed by atoms with Crippen molar-refractivity contribution in [1.29, 1.82) is 0 Å². The summed E-state index contributed by atoms with van der Waals surface area (Å²) < 4.78 is 18.3. The molecule has 1 aromatic carbocycles. The monoisotopic (exact) mass is 218 g/mol. The molecular formula is C11H18B3FO. The Balaban J connectivity index is 2.76. The SMILES string of the molecule is CCB(OC)B(C)B(C)c1ccc(F)cc1. The highest BCUT2D eigenvalue weighted by atomic mass is 19.1.